The van der Waals surface area contributed by atoms with Gasteiger partial charge >= 0.3 is 33.3 Å². The van der Waals surface area contributed by atoms with Crippen LogP contribution in [0.2, 0.25) is 0 Å². The number of esters is 3. The molecule has 4 fully saturated rings. The van der Waals surface area contributed by atoms with Gasteiger partial charge in [0, 0.05) is 19.3 Å². The molecule has 4 bridgehead atoms. The highest BCUT2D eigenvalue weighted by atomic mass is 32.2. The number of halogens is 2. The Bertz CT molecular complexity index is 1880. The van der Waals surface area contributed by atoms with Crippen molar-refractivity contribution in [2.45, 2.75) is 106 Å². The maximum absolute atomic E-state index is 14.7. The van der Waals surface area contributed by atoms with Crippen molar-refractivity contribution < 1.29 is 50.3 Å². The number of hydrogen-bond acceptors (Lipinski definition) is 8. The molecule has 0 heterocycles. The molecular formula is C34H46B6F2O9S. The van der Waals surface area contributed by atoms with Crippen LogP contribution in [0, 0.1) is 11.3 Å². The predicted octanol–water partition coefficient (Wildman–Crippen LogP) is -0.627. The second-order valence-electron chi connectivity index (χ2n) is 15.2. The van der Waals surface area contributed by atoms with Crippen molar-refractivity contribution >= 4 is 75.1 Å². The summed E-state index contributed by atoms with van der Waals surface area (Å²) >= 11 is 0. The summed E-state index contributed by atoms with van der Waals surface area (Å²) in [5, 5.41) is -4.77. The van der Waals surface area contributed by atoms with Crippen LogP contribution < -0.4 is 0 Å². The third-order valence-corrected chi connectivity index (χ3v) is 12.7. The smallest absolute Gasteiger partial charge is 0.405 e. The van der Waals surface area contributed by atoms with Crippen LogP contribution in [0.15, 0.2) is 24.3 Å². The lowest BCUT2D eigenvalue weighted by Crippen LogP contribution is -2.67. The highest BCUT2D eigenvalue weighted by Crippen LogP contribution is 2.66. The van der Waals surface area contributed by atoms with Crippen LogP contribution in [0.3, 0.4) is 0 Å². The molecule has 52 heavy (non-hydrogen) atoms. The molecule has 2 aromatic carbocycles. The molecule has 5 unspecified atom stereocenters. The van der Waals surface area contributed by atoms with Gasteiger partial charge in [0.15, 0.2) is 6.10 Å². The minimum Gasteiger partial charge on any atom is -0.455 e. The first-order valence-corrected chi connectivity index (χ1v) is 20.1. The van der Waals surface area contributed by atoms with E-state index in [9.17, 15) is 36.1 Å². The summed E-state index contributed by atoms with van der Waals surface area (Å²) in [5.41, 5.74) is 2.32. The summed E-state index contributed by atoms with van der Waals surface area (Å²) in [6.45, 7) is 0.704. The first-order valence-electron chi connectivity index (χ1n) is 18.7. The molecule has 9 nitrogen and oxygen atoms in total. The molecule has 18 heteroatoms. The first kappa shape index (κ1) is 40.2. The topological polar surface area (TPSA) is 133 Å². The minimum absolute atomic E-state index is 0.0769. The van der Waals surface area contributed by atoms with Crippen LogP contribution in [-0.2, 0) is 67.0 Å². The molecule has 0 aliphatic heterocycles. The highest BCUT2D eigenvalue weighted by Gasteiger charge is 2.70. The summed E-state index contributed by atoms with van der Waals surface area (Å²) in [7, 11) is 6.01. The van der Waals surface area contributed by atoms with Crippen molar-refractivity contribution in [2.75, 3.05) is 0 Å². The van der Waals surface area contributed by atoms with Crippen LogP contribution in [0.25, 0.3) is 0 Å². The largest absolute Gasteiger partial charge is 0.455 e. The number of carbonyl (C=O) groups excluding carboxylic acids is 3. The van der Waals surface area contributed by atoms with E-state index in [0.29, 0.717) is 68.8 Å². The van der Waals surface area contributed by atoms with E-state index in [1.165, 1.54) is 0 Å². The summed E-state index contributed by atoms with van der Waals surface area (Å²) in [4.78, 5) is 42.8. The highest BCUT2D eigenvalue weighted by molar-refractivity contribution is 7.86. The van der Waals surface area contributed by atoms with Crippen LogP contribution in [0.5, 0.6) is 0 Å². The van der Waals surface area contributed by atoms with Gasteiger partial charge in [-0.05, 0) is 54.9 Å². The van der Waals surface area contributed by atoms with Crippen molar-refractivity contribution in [3.05, 3.63) is 68.8 Å². The molecular weight excluding hydrogens is 687 g/mol. The van der Waals surface area contributed by atoms with Crippen LogP contribution in [-0.4, -0.2) is 101 Å². The minimum atomic E-state index is -5.91. The third kappa shape index (κ3) is 7.15. The van der Waals surface area contributed by atoms with Gasteiger partial charge in [0.25, 0.3) is 0 Å². The maximum atomic E-state index is 14.7. The zero-order chi connectivity index (χ0) is 38.4. The number of ether oxygens (including phenoxy) is 3. The van der Waals surface area contributed by atoms with Crippen molar-refractivity contribution in [3.8, 4) is 0 Å². The van der Waals surface area contributed by atoms with E-state index in [2.05, 4.69) is 6.07 Å². The molecule has 0 spiro atoms. The normalized spacial score (nSPS) is 25.7. The van der Waals surface area contributed by atoms with Crippen molar-refractivity contribution in [1.29, 1.82) is 0 Å². The van der Waals surface area contributed by atoms with Gasteiger partial charge in [0.1, 0.15) is 58.3 Å². The van der Waals surface area contributed by atoms with Crippen molar-refractivity contribution in [3.63, 3.8) is 0 Å². The monoisotopic (exact) mass is 734 g/mol. The SMILES string of the molecule is BCc1cc(CB)c(CB)c(C(=O)OC23CC4CC(OC(=O)c5c(CB)ccc(CB)c5CB)(C2)CC(C(=O)OC(C)C(F)(F)S(=O)(=O)O)(C4)C3)c1. The molecule has 6 rings (SSSR count). The first-order chi connectivity index (χ1) is 24.4. The number of hydrogen-bond donors (Lipinski definition) is 1. The summed E-state index contributed by atoms with van der Waals surface area (Å²) in [6, 6.07) is 7.86. The lowest BCUT2D eigenvalue weighted by molar-refractivity contribution is -0.241. The Balaban J connectivity index is 1.59. The Morgan fingerprint density at radius 1 is 0.808 bits per heavy atom. The van der Waals surface area contributed by atoms with E-state index in [-0.39, 0.29) is 31.6 Å². The molecule has 1 N–H and O–H groups in total. The summed E-state index contributed by atoms with van der Waals surface area (Å²) in [6.07, 6.45) is 2.21. The van der Waals surface area contributed by atoms with Crippen LogP contribution in [0.4, 0.5) is 8.78 Å². The Morgan fingerprint density at radius 2 is 1.37 bits per heavy atom. The second-order valence-corrected chi connectivity index (χ2v) is 16.7. The average Bonchev–Trinajstić information content (AvgIpc) is 3.08. The molecule has 4 saturated carbocycles. The Hall–Kier alpha value is -2.99. The molecule has 0 saturated heterocycles. The maximum Gasteiger partial charge on any atom is 0.405 e. The van der Waals surface area contributed by atoms with Gasteiger partial charge in [-0.25, -0.2) is 9.59 Å². The standard InChI is InChI=1S/C34H46B6F2O9S/c1-18(34(41,42)52(46,47)48)49-30(45)31-6-20-7-32(15-31,50-28(43)24-5-19(9-35)4-23(12-38)25(24)13-39)17-33(8-20,16-31)51-29(44)27-22(11-37)3-2-21(10-36)26(27)14-40/h2-5,18,20H,6-17,35-40H2,1H3,(H,46,47,48). The van der Waals surface area contributed by atoms with Gasteiger partial charge in [-0.15, -0.1) is 0 Å². The number of alkyl halides is 2. The van der Waals surface area contributed by atoms with Gasteiger partial charge in [-0.3, -0.25) is 9.35 Å². The lowest BCUT2D eigenvalue weighted by Gasteiger charge is -2.63. The molecule has 4 aliphatic carbocycles. The van der Waals surface area contributed by atoms with E-state index >= 15 is 0 Å². The molecule has 0 aromatic heterocycles. The third-order valence-electron chi connectivity index (χ3n) is 11.7. The van der Waals surface area contributed by atoms with E-state index in [4.69, 9.17) is 14.2 Å². The zero-order valence-electron chi connectivity index (χ0n) is 31.3. The van der Waals surface area contributed by atoms with E-state index in [0.717, 1.165) is 33.4 Å². The molecule has 274 valence electrons. The van der Waals surface area contributed by atoms with E-state index < -0.39 is 56.0 Å². The summed E-state index contributed by atoms with van der Waals surface area (Å²) < 4.78 is 79.8. The van der Waals surface area contributed by atoms with Crippen LogP contribution >= 0.6 is 0 Å². The van der Waals surface area contributed by atoms with Gasteiger partial charge in [-0.2, -0.15) is 17.2 Å². The van der Waals surface area contributed by atoms with Gasteiger partial charge in [0.05, 0.1) is 16.5 Å². The average molecular weight is 734 g/mol. The molecule has 5 atom stereocenters. The van der Waals surface area contributed by atoms with Crippen molar-refractivity contribution in [2.24, 2.45) is 11.3 Å². The van der Waals surface area contributed by atoms with Gasteiger partial charge in [-0.1, -0.05) is 72.8 Å². The van der Waals surface area contributed by atoms with E-state index in [1.807, 2.05) is 65.3 Å². The number of benzene rings is 2. The molecule has 2 aromatic rings. The fourth-order valence-corrected chi connectivity index (χ4v) is 10.2. The Labute approximate surface area is 310 Å². The second kappa shape index (κ2) is 14.7. The lowest BCUT2D eigenvalue weighted by atomic mass is 9.46. The summed E-state index contributed by atoms with van der Waals surface area (Å²) in [5.74, 6) is -2.55. The van der Waals surface area contributed by atoms with Gasteiger partial charge < -0.3 is 14.2 Å². The zero-order valence-corrected chi connectivity index (χ0v) is 32.1. The van der Waals surface area contributed by atoms with Crippen LogP contribution in [0.1, 0.15) is 99.5 Å². The number of carbonyl (C=O) groups is 3. The predicted molar refractivity (Wildman–Crippen MR) is 208 cm³/mol. The molecule has 4 aliphatic rings. The Kier molecular flexibility index (Phi) is 11.3. The number of rotatable bonds is 14. The molecule has 0 radical (unpaired) electrons. The fourth-order valence-electron chi connectivity index (χ4n) is 9.72. The Morgan fingerprint density at radius 3 is 1.88 bits per heavy atom. The van der Waals surface area contributed by atoms with Crippen molar-refractivity contribution in [1.82, 2.24) is 0 Å². The quantitative estimate of drug-likeness (QED) is 0.117. The fraction of sp³-hybridized carbons (Fsp3) is 0.559. The molecule has 0 amide bonds. The van der Waals surface area contributed by atoms with E-state index in [1.54, 1.807) is 0 Å². The van der Waals surface area contributed by atoms with Gasteiger partial charge in [0.2, 0.25) is 0 Å².